The van der Waals surface area contributed by atoms with Gasteiger partial charge in [-0.25, -0.2) is 9.67 Å². The highest BCUT2D eigenvalue weighted by Crippen LogP contribution is 2.36. The summed E-state index contributed by atoms with van der Waals surface area (Å²) in [5.74, 6) is -0.138. The number of amides is 1. The van der Waals surface area contributed by atoms with Gasteiger partial charge in [0.05, 0.1) is 23.2 Å². The van der Waals surface area contributed by atoms with E-state index in [-0.39, 0.29) is 29.0 Å². The summed E-state index contributed by atoms with van der Waals surface area (Å²) in [6.45, 7) is 3.17. The van der Waals surface area contributed by atoms with Crippen molar-refractivity contribution in [3.8, 4) is 0 Å². The largest absolute Gasteiger partial charge is 0.417 e. The molecule has 0 radical (unpaired) electrons. The van der Waals surface area contributed by atoms with E-state index < -0.39 is 17.6 Å². The number of carbonyl (C=O) groups excluding carboxylic acids is 1. The second kappa shape index (κ2) is 8.38. The van der Waals surface area contributed by atoms with Gasteiger partial charge in [-0.15, -0.1) is 0 Å². The fraction of sp³-hybridized carbons (Fsp3) is 0.238. The Morgan fingerprint density at radius 2 is 1.84 bits per heavy atom. The molecule has 0 saturated carbocycles. The molecule has 0 saturated heterocycles. The number of fused-ring (bicyclic) bond motifs is 1. The first kappa shape index (κ1) is 22.0. The summed E-state index contributed by atoms with van der Waals surface area (Å²) in [5, 5.41) is 11.0. The van der Waals surface area contributed by atoms with E-state index in [1.54, 1.807) is 16.9 Å². The lowest BCUT2D eigenvalue weighted by Gasteiger charge is -2.10. The molecule has 11 heteroatoms. The zero-order chi connectivity index (χ0) is 23.0. The number of rotatable bonds is 5. The highest BCUT2D eigenvalue weighted by molar-refractivity contribution is 9.10. The molecular formula is C21H18BrF3N6O. The fourth-order valence-electron chi connectivity index (χ4n) is 3.42. The molecule has 1 amide bonds. The summed E-state index contributed by atoms with van der Waals surface area (Å²) >= 11 is 3.39. The molecule has 0 bridgehead atoms. The van der Waals surface area contributed by atoms with E-state index in [2.05, 4.69) is 36.4 Å². The molecule has 4 aromatic rings. The number of hydrogen-bond donors (Lipinski definition) is 1. The van der Waals surface area contributed by atoms with E-state index in [9.17, 15) is 18.0 Å². The van der Waals surface area contributed by atoms with Crippen LogP contribution in [0.1, 0.15) is 22.5 Å². The Balaban J connectivity index is 1.51. The Bertz CT molecular complexity index is 1290. The normalized spacial score (nSPS) is 11.8. The third-order valence-electron chi connectivity index (χ3n) is 4.77. The van der Waals surface area contributed by atoms with Crippen LogP contribution in [0.4, 0.5) is 19.0 Å². The lowest BCUT2D eigenvalue weighted by Crippen LogP contribution is -2.20. The molecule has 0 spiro atoms. The molecule has 32 heavy (non-hydrogen) atoms. The van der Waals surface area contributed by atoms with Gasteiger partial charge >= 0.3 is 6.18 Å². The van der Waals surface area contributed by atoms with E-state index >= 15 is 0 Å². The number of halogens is 4. The first-order chi connectivity index (χ1) is 15.1. The predicted molar refractivity (Wildman–Crippen MR) is 116 cm³/mol. The predicted octanol–water partition coefficient (Wildman–Crippen LogP) is 4.71. The number of hydrogen-bond acceptors (Lipinski definition) is 4. The van der Waals surface area contributed by atoms with Gasteiger partial charge in [0.15, 0.2) is 11.5 Å². The van der Waals surface area contributed by atoms with E-state index in [1.165, 1.54) is 18.5 Å². The summed E-state index contributed by atoms with van der Waals surface area (Å²) in [7, 11) is 0. The molecule has 0 aliphatic heterocycles. The Morgan fingerprint density at radius 3 is 2.53 bits per heavy atom. The molecule has 0 unspecified atom stereocenters. The van der Waals surface area contributed by atoms with Gasteiger partial charge in [-0.3, -0.25) is 9.48 Å². The van der Waals surface area contributed by atoms with Crippen LogP contribution in [0, 0.1) is 13.8 Å². The molecule has 4 rings (SSSR count). The van der Waals surface area contributed by atoms with Gasteiger partial charge in [0.25, 0.3) is 0 Å². The van der Waals surface area contributed by atoms with Gasteiger partial charge in [0, 0.05) is 22.4 Å². The Morgan fingerprint density at radius 1 is 1.12 bits per heavy atom. The molecule has 0 atom stereocenters. The zero-order valence-electron chi connectivity index (χ0n) is 17.1. The number of alkyl halides is 3. The maximum absolute atomic E-state index is 13.5. The van der Waals surface area contributed by atoms with Crippen LogP contribution in [0.5, 0.6) is 0 Å². The number of pyridine rings is 1. The van der Waals surface area contributed by atoms with Crippen molar-refractivity contribution in [3.63, 3.8) is 0 Å². The second-order valence-electron chi connectivity index (χ2n) is 7.32. The average Bonchev–Trinajstić information content (AvgIpc) is 3.26. The fourth-order valence-corrected chi connectivity index (χ4v) is 3.69. The zero-order valence-corrected chi connectivity index (χ0v) is 18.7. The van der Waals surface area contributed by atoms with Gasteiger partial charge in [0.1, 0.15) is 6.54 Å². The van der Waals surface area contributed by atoms with Crippen molar-refractivity contribution in [2.24, 2.45) is 0 Å². The van der Waals surface area contributed by atoms with Gasteiger partial charge in [-0.05, 0) is 37.6 Å². The number of nitrogens with zero attached hydrogens (tertiary/aromatic N) is 5. The topological polar surface area (TPSA) is 77.6 Å². The van der Waals surface area contributed by atoms with E-state index in [1.807, 2.05) is 24.3 Å². The number of aromatic nitrogens is 5. The van der Waals surface area contributed by atoms with Crippen LogP contribution >= 0.6 is 15.9 Å². The third kappa shape index (κ3) is 4.67. The van der Waals surface area contributed by atoms with Crippen LogP contribution in [0.25, 0.3) is 11.0 Å². The molecule has 0 aliphatic rings. The highest BCUT2D eigenvalue weighted by atomic mass is 79.9. The van der Waals surface area contributed by atoms with Crippen LogP contribution in [0.2, 0.25) is 0 Å². The molecule has 0 fully saturated rings. The minimum atomic E-state index is -4.55. The molecule has 3 heterocycles. The van der Waals surface area contributed by atoms with Gasteiger partial charge in [-0.1, -0.05) is 28.1 Å². The maximum Gasteiger partial charge on any atom is 0.417 e. The first-order valence-corrected chi connectivity index (χ1v) is 10.4. The van der Waals surface area contributed by atoms with Crippen molar-refractivity contribution in [2.45, 2.75) is 33.1 Å². The SMILES string of the molecule is Cc1cc(C(F)(F)F)c2c(C)nn(CC(=O)Nc3ccn(Cc4ccc(Br)cc4)n3)c2n1. The van der Waals surface area contributed by atoms with Crippen molar-refractivity contribution in [3.05, 3.63) is 69.6 Å². The number of nitrogens with one attached hydrogen (secondary N) is 1. The Labute approximate surface area is 189 Å². The van der Waals surface area contributed by atoms with E-state index in [0.717, 1.165) is 16.1 Å². The van der Waals surface area contributed by atoms with Gasteiger partial charge < -0.3 is 5.32 Å². The number of carbonyl (C=O) groups is 1. The van der Waals surface area contributed by atoms with Crippen molar-refractivity contribution < 1.29 is 18.0 Å². The molecule has 7 nitrogen and oxygen atoms in total. The minimum absolute atomic E-state index is 0.0192. The monoisotopic (exact) mass is 506 g/mol. The smallest absolute Gasteiger partial charge is 0.308 e. The quantitative estimate of drug-likeness (QED) is 0.425. The molecule has 0 aliphatic carbocycles. The lowest BCUT2D eigenvalue weighted by molar-refractivity contribution is -0.136. The van der Waals surface area contributed by atoms with Gasteiger partial charge in [0.2, 0.25) is 5.91 Å². The van der Waals surface area contributed by atoms with Crippen LogP contribution in [0.3, 0.4) is 0 Å². The summed E-state index contributed by atoms with van der Waals surface area (Å²) < 4.78 is 44.2. The Kier molecular flexibility index (Phi) is 5.76. The number of aryl methyl sites for hydroxylation is 2. The first-order valence-electron chi connectivity index (χ1n) is 9.60. The molecule has 1 N–H and O–H groups in total. The van der Waals surface area contributed by atoms with Crippen LogP contribution < -0.4 is 5.32 Å². The standard InChI is InChI=1S/C21H18BrF3N6O/c1-12-9-16(21(23,24)25)19-13(2)28-31(20(19)26-12)11-18(32)27-17-7-8-30(29-17)10-14-3-5-15(22)6-4-14/h3-9H,10-11H2,1-2H3,(H,27,29,32). The van der Waals surface area contributed by atoms with Gasteiger partial charge in [-0.2, -0.15) is 23.4 Å². The summed E-state index contributed by atoms with van der Waals surface area (Å²) in [6, 6.07) is 10.4. The van der Waals surface area contributed by atoms with E-state index in [0.29, 0.717) is 12.4 Å². The molecule has 3 aromatic heterocycles. The summed E-state index contributed by atoms with van der Waals surface area (Å²) in [5.41, 5.74) is 0.598. The van der Waals surface area contributed by atoms with Crippen LogP contribution in [-0.2, 0) is 24.1 Å². The van der Waals surface area contributed by atoms with Crippen molar-refractivity contribution in [2.75, 3.05) is 5.32 Å². The maximum atomic E-state index is 13.5. The molecular weight excluding hydrogens is 489 g/mol. The van der Waals surface area contributed by atoms with Crippen LogP contribution in [0.15, 0.2) is 47.1 Å². The van der Waals surface area contributed by atoms with Crippen LogP contribution in [-0.4, -0.2) is 30.5 Å². The van der Waals surface area contributed by atoms with Crippen molar-refractivity contribution in [1.82, 2.24) is 24.5 Å². The lowest BCUT2D eigenvalue weighted by atomic mass is 10.1. The van der Waals surface area contributed by atoms with Crippen molar-refractivity contribution in [1.29, 1.82) is 0 Å². The summed E-state index contributed by atoms with van der Waals surface area (Å²) in [6.07, 6.45) is -2.82. The minimum Gasteiger partial charge on any atom is -0.308 e. The average molecular weight is 507 g/mol. The molecule has 1 aromatic carbocycles. The third-order valence-corrected chi connectivity index (χ3v) is 5.30. The summed E-state index contributed by atoms with van der Waals surface area (Å²) in [4.78, 5) is 16.7. The van der Waals surface area contributed by atoms with E-state index in [4.69, 9.17) is 0 Å². The Hall–Kier alpha value is -3.21. The number of benzene rings is 1. The second-order valence-corrected chi connectivity index (χ2v) is 8.24. The van der Waals surface area contributed by atoms with Crippen molar-refractivity contribution >= 4 is 38.7 Å². The number of anilines is 1. The highest BCUT2D eigenvalue weighted by Gasteiger charge is 2.35. The molecule has 166 valence electrons.